The molecule has 0 fully saturated rings. The molecule has 0 aromatic carbocycles. The van der Waals surface area contributed by atoms with E-state index in [1.165, 1.54) is 0 Å². The van der Waals surface area contributed by atoms with Crippen molar-refractivity contribution < 1.29 is 9.47 Å². The van der Waals surface area contributed by atoms with E-state index in [0.29, 0.717) is 11.5 Å². The Morgan fingerprint density at radius 1 is 1.11 bits per heavy atom. The van der Waals surface area contributed by atoms with Crippen molar-refractivity contribution in [3.8, 4) is 11.5 Å². The van der Waals surface area contributed by atoms with Crippen molar-refractivity contribution in [1.82, 2.24) is 9.97 Å². The van der Waals surface area contributed by atoms with Crippen LogP contribution < -0.4 is 15.2 Å². The minimum atomic E-state index is -0.328. The Balaban J connectivity index is 2.37. The van der Waals surface area contributed by atoms with Gasteiger partial charge in [-0.1, -0.05) is 0 Å². The van der Waals surface area contributed by atoms with Gasteiger partial charge < -0.3 is 15.2 Å². The van der Waals surface area contributed by atoms with E-state index in [9.17, 15) is 0 Å². The van der Waals surface area contributed by atoms with Crippen molar-refractivity contribution in [1.29, 1.82) is 0 Å². The lowest BCUT2D eigenvalue weighted by Crippen LogP contribution is -2.13. The van der Waals surface area contributed by atoms with Gasteiger partial charge in [0, 0.05) is 18.0 Å². The molecule has 0 saturated heterocycles. The standard InChI is InChI=1S/C13H15N3O2/c1-17-10-5-9(6-16-7-10)13(14)11-3-4-15-8-12(11)18-2/h3-8,13H,14H2,1-2H3. The van der Waals surface area contributed by atoms with E-state index in [0.717, 1.165) is 11.1 Å². The maximum absolute atomic E-state index is 6.21. The Labute approximate surface area is 106 Å². The second kappa shape index (κ2) is 5.46. The third kappa shape index (κ3) is 2.41. The van der Waals surface area contributed by atoms with Crippen LogP contribution in [0.25, 0.3) is 0 Å². The van der Waals surface area contributed by atoms with Crippen LogP contribution in [0.4, 0.5) is 0 Å². The van der Waals surface area contributed by atoms with Crippen LogP contribution in [0.2, 0.25) is 0 Å². The molecule has 0 radical (unpaired) electrons. The topological polar surface area (TPSA) is 70.3 Å². The first-order valence-electron chi connectivity index (χ1n) is 5.48. The third-order valence-corrected chi connectivity index (χ3v) is 2.70. The summed E-state index contributed by atoms with van der Waals surface area (Å²) in [6.07, 6.45) is 6.68. The number of hydrogen-bond donors (Lipinski definition) is 1. The molecule has 0 amide bonds. The van der Waals surface area contributed by atoms with E-state index >= 15 is 0 Å². The molecule has 0 bridgehead atoms. The summed E-state index contributed by atoms with van der Waals surface area (Å²) < 4.78 is 10.4. The predicted octanol–water partition coefficient (Wildman–Crippen LogP) is 1.54. The van der Waals surface area contributed by atoms with Crippen LogP contribution in [0.15, 0.2) is 36.9 Å². The monoisotopic (exact) mass is 245 g/mol. The van der Waals surface area contributed by atoms with Crippen LogP contribution in [0.1, 0.15) is 17.2 Å². The molecule has 5 nitrogen and oxygen atoms in total. The minimum Gasteiger partial charge on any atom is -0.495 e. The minimum absolute atomic E-state index is 0.328. The molecule has 1 atom stereocenters. The van der Waals surface area contributed by atoms with E-state index in [4.69, 9.17) is 15.2 Å². The smallest absolute Gasteiger partial charge is 0.142 e. The number of aromatic nitrogens is 2. The first-order valence-corrected chi connectivity index (χ1v) is 5.48. The molecule has 0 aliphatic heterocycles. The summed E-state index contributed by atoms with van der Waals surface area (Å²) >= 11 is 0. The van der Waals surface area contributed by atoms with Crippen molar-refractivity contribution in [2.24, 2.45) is 5.73 Å². The molecule has 18 heavy (non-hydrogen) atoms. The zero-order chi connectivity index (χ0) is 13.0. The number of methoxy groups -OCH3 is 2. The Bertz CT molecular complexity index is 531. The summed E-state index contributed by atoms with van der Waals surface area (Å²) in [6, 6.07) is 3.37. The number of ether oxygens (including phenoxy) is 2. The van der Waals surface area contributed by atoms with E-state index in [2.05, 4.69) is 9.97 Å². The van der Waals surface area contributed by atoms with E-state index < -0.39 is 0 Å². The van der Waals surface area contributed by atoms with Crippen molar-refractivity contribution >= 4 is 0 Å². The van der Waals surface area contributed by atoms with Gasteiger partial charge in [-0.2, -0.15) is 0 Å². The van der Waals surface area contributed by atoms with Gasteiger partial charge in [0.1, 0.15) is 11.5 Å². The second-order valence-corrected chi connectivity index (χ2v) is 3.75. The highest BCUT2D eigenvalue weighted by atomic mass is 16.5. The zero-order valence-corrected chi connectivity index (χ0v) is 10.3. The molecule has 94 valence electrons. The van der Waals surface area contributed by atoms with Gasteiger partial charge in [0.25, 0.3) is 0 Å². The summed E-state index contributed by atoms with van der Waals surface area (Å²) in [4.78, 5) is 8.10. The van der Waals surface area contributed by atoms with Gasteiger partial charge in [0.15, 0.2) is 0 Å². The van der Waals surface area contributed by atoms with Crippen LogP contribution in [0.5, 0.6) is 11.5 Å². The van der Waals surface area contributed by atoms with Crippen molar-refractivity contribution in [3.63, 3.8) is 0 Å². The van der Waals surface area contributed by atoms with Gasteiger partial charge in [-0.3, -0.25) is 9.97 Å². The van der Waals surface area contributed by atoms with Crippen LogP contribution in [-0.4, -0.2) is 24.2 Å². The highest BCUT2D eigenvalue weighted by Crippen LogP contribution is 2.28. The zero-order valence-electron chi connectivity index (χ0n) is 10.3. The van der Waals surface area contributed by atoms with E-state index in [-0.39, 0.29) is 6.04 Å². The average molecular weight is 245 g/mol. The molecule has 0 aliphatic carbocycles. The summed E-state index contributed by atoms with van der Waals surface area (Å²) in [5, 5.41) is 0. The van der Waals surface area contributed by atoms with Gasteiger partial charge in [-0.25, -0.2) is 0 Å². The van der Waals surface area contributed by atoms with Crippen LogP contribution in [0, 0.1) is 0 Å². The molecule has 1 unspecified atom stereocenters. The molecular weight excluding hydrogens is 230 g/mol. The Morgan fingerprint density at radius 2 is 1.94 bits per heavy atom. The molecule has 0 spiro atoms. The molecule has 2 aromatic rings. The quantitative estimate of drug-likeness (QED) is 0.884. The van der Waals surface area contributed by atoms with Crippen molar-refractivity contribution in [2.45, 2.75) is 6.04 Å². The Hall–Kier alpha value is -2.14. The van der Waals surface area contributed by atoms with Gasteiger partial charge in [0.2, 0.25) is 0 Å². The van der Waals surface area contributed by atoms with E-state index in [1.54, 1.807) is 39.0 Å². The fourth-order valence-corrected chi connectivity index (χ4v) is 1.72. The van der Waals surface area contributed by atoms with Gasteiger partial charge in [0.05, 0.1) is 32.7 Å². The average Bonchev–Trinajstić information content (AvgIpc) is 2.46. The molecule has 5 heteroatoms. The molecular formula is C13H15N3O2. The lowest BCUT2D eigenvalue weighted by molar-refractivity contribution is 0.404. The number of hydrogen-bond acceptors (Lipinski definition) is 5. The van der Waals surface area contributed by atoms with E-state index in [1.807, 2.05) is 12.1 Å². The molecule has 0 aliphatic rings. The van der Waals surface area contributed by atoms with Crippen molar-refractivity contribution in [2.75, 3.05) is 14.2 Å². The molecule has 2 heterocycles. The van der Waals surface area contributed by atoms with Gasteiger partial charge in [-0.05, 0) is 17.7 Å². The lowest BCUT2D eigenvalue weighted by atomic mass is 10.0. The fourth-order valence-electron chi connectivity index (χ4n) is 1.72. The first-order chi connectivity index (χ1) is 8.76. The Kier molecular flexibility index (Phi) is 3.74. The third-order valence-electron chi connectivity index (χ3n) is 2.70. The number of nitrogens with zero attached hydrogens (tertiary/aromatic N) is 2. The highest BCUT2D eigenvalue weighted by Gasteiger charge is 2.14. The number of pyridine rings is 2. The van der Waals surface area contributed by atoms with Gasteiger partial charge in [-0.15, -0.1) is 0 Å². The van der Waals surface area contributed by atoms with Crippen LogP contribution in [0.3, 0.4) is 0 Å². The summed E-state index contributed by atoms with van der Waals surface area (Å²) in [7, 11) is 3.19. The van der Waals surface area contributed by atoms with Crippen molar-refractivity contribution in [3.05, 3.63) is 48.0 Å². The Morgan fingerprint density at radius 3 is 2.67 bits per heavy atom. The summed E-state index contributed by atoms with van der Waals surface area (Å²) in [6.45, 7) is 0. The van der Waals surface area contributed by atoms with Gasteiger partial charge >= 0.3 is 0 Å². The van der Waals surface area contributed by atoms with Crippen LogP contribution >= 0.6 is 0 Å². The SMILES string of the molecule is COc1cncc(C(N)c2ccncc2OC)c1. The normalized spacial score (nSPS) is 11.9. The number of rotatable bonds is 4. The summed E-state index contributed by atoms with van der Waals surface area (Å²) in [5.41, 5.74) is 7.94. The maximum atomic E-state index is 6.21. The molecule has 2 N–H and O–H groups in total. The molecule has 0 saturated carbocycles. The fraction of sp³-hybridized carbons (Fsp3) is 0.231. The maximum Gasteiger partial charge on any atom is 0.142 e. The largest absolute Gasteiger partial charge is 0.495 e. The first kappa shape index (κ1) is 12.3. The predicted molar refractivity (Wildman–Crippen MR) is 67.6 cm³/mol. The van der Waals surface area contributed by atoms with Crippen LogP contribution in [-0.2, 0) is 0 Å². The summed E-state index contributed by atoms with van der Waals surface area (Å²) in [5.74, 6) is 1.34. The second-order valence-electron chi connectivity index (χ2n) is 3.75. The molecule has 2 rings (SSSR count). The highest BCUT2D eigenvalue weighted by molar-refractivity contribution is 5.40. The number of nitrogens with two attached hydrogens (primary N) is 1. The lowest BCUT2D eigenvalue weighted by Gasteiger charge is -2.15. The molecule has 2 aromatic heterocycles.